The number of aryl methyl sites for hydroxylation is 4. The normalized spacial score (nSPS) is 12.1. The molecule has 0 aliphatic carbocycles. The molecule has 0 aliphatic rings. The van der Waals surface area contributed by atoms with E-state index in [1.165, 1.54) is 65.9 Å². The lowest BCUT2D eigenvalue weighted by Crippen LogP contribution is -2.03. The number of fused-ring (bicyclic) bond motifs is 11. The standard InChI is InChI=1S/C56H46N6/c1-5-35-23-27-47-41(31-35)42-32-36(6-2)24-28-48(42)59(47)51-19-13-21-53(57-51)61-45-17-11-9-15-39(45)56-55(61)40-16-10-12-18-46(40)62(56)54-22-14-20-52(58-54)60-49-29-25-37(7-3)33-43(49)44-34-38(8-4)26-30-50(44)60/h9-34H,5-8H2,1-4H3. The van der Waals surface area contributed by atoms with Crippen LogP contribution in [-0.2, 0) is 25.7 Å². The molecule has 0 saturated carbocycles. The fraction of sp³-hybridized carbons (Fsp3) is 0.143. The maximum absolute atomic E-state index is 5.56. The Labute approximate surface area is 359 Å². The molecule has 0 spiro atoms. The predicted octanol–water partition coefficient (Wildman–Crippen LogP) is 14.0. The average molecular weight is 803 g/mol. The number of hydrogen-bond donors (Lipinski definition) is 0. The van der Waals surface area contributed by atoms with Crippen molar-refractivity contribution in [1.29, 1.82) is 0 Å². The van der Waals surface area contributed by atoms with Crippen molar-refractivity contribution in [2.24, 2.45) is 0 Å². The van der Waals surface area contributed by atoms with Gasteiger partial charge >= 0.3 is 0 Å². The summed E-state index contributed by atoms with van der Waals surface area (Å²) in [4.78, 5) is 11.1. The largest absolute Gasteiger partial charge is 0.294 e. The van der Waals surface area contributed by atoms with Crippen molar-refractivity contribution in [2.75, 3.05) is 0 Å². The lowest BCUT2D eigenvalue weighted by molar-refractivity contribution is 1.01. The van der Waals surface area contributed by atoms with Gasteiger partial charge in [0, 0.05) is 32.3 Å². The third-order valence-electron chi connectivity index (χ3n) is 13.2. The van der Waals surface area contributed by atoms with Gasteiger partial charge in [0.2, 0.25) is 0 Å². The fourth-order valence-corrected chi connectivity index (χ4v) is 10.1. The van der Waals surface area contributed by atoms with E-state index in [0.717, 1.165) is 81.8 Å². The monoisotopic (exact) mass is 802 g/mol. The second-order valence-corrected chi connectivity index (χ2v) is 16.6. The van der Waals surface area contributed by atoms with Crippen LogP contribution in [0.1, 0.15) is 49.9 Å². The third kappa shape index (κ3) is 5.29. The van der Waals surface area contributed by atoms with Crippen molar-refractivity contribution >= 4 is 76.5 Å². The topological polar surface area (TPSA) is 45.5 Å². The summed E-state index contributed by atoms with van der Waals surface area (Å²) in [7, 11) is 0. The molecular formula is C56H46N6. The number of nitrogens with zero attached hydrogens (tertiary/aromatic N) is 6. The highest BCUT2D eigenvalue weighted by Crippen LogP contribution is 2.41. The number of rotatable bonds is 8. The Morgan fingerprint density at radius 3 is 0.903 bits per heavy atom. The Morgan fingerprint density at radius 1 is 0.290 bits per heavy atom. The first-order valence-electron chi connectivity index (χ1n) is 22.2. The number of benzene rings is 6. The molecule has 0 fully saturated rings. The van der Waals surface area contributed by atoms with Gasteiger partial charge in [-0.3, -0.25) is 18.3 Å². The molecule has 6 nitrogen and oxygen atoms in total. The maximum Gasteiger partial charge on any atom is 0.140 e. The van der Waals surface area contributed by atoms with Crippen LogP contribution < -0.4 is 0 Å². The van der Waals surface area contributed by atoms with Gasteiger partial charge in [-0.1, -0.05) is 100 Å². The lowest BCUT2D eigenvalue weighted by Gasteiger charge is -2.12. The van der Waals surface area contributed by atoms with E-state index in [1.807, 2.05) is 0 Å². The van der Waals surface area contributed by atoms with Crippen LogP contribution in [0.4, 0.5) is 0 Å². The minimum atomic E-state index is 0.867. The molecule has 0 saturated heterocycles. The van der Waals surface area contributed by atoms with Crippen molar-refractivity contribution < 1.29 is 0 Å². The Morgan fingerprint density at radius 2 is 0.581 bits per heavy atom. The minimum absolute atomic E-state index is 0.867. The number of aromatic nitrogens is 6. The van der Waals surface area contributed by atoms with E-state index in [9.17, 15) is 0 Å². The summed E-state index contributed by atoms with van der Waals surface area (Å²) in [5.74, 6) is 3.52. The van der Waals surface area contributed by atoms with Crippen molar-refractivity contribution in [2.45, 2.75) is 53.4 Å². The quantitative estimate of drug-likeness (QED) is 0.154. The first-order valence-corrected chi connectivity index (χ1v) is 22.2. The number of pyridine rings is 2. The van der Waals surface area contributed by atoms with Crippen LogP contribution in [-0.4, -0.2) is 28.2 Å². The molecule has 6 aromatic heterocycles. The Bertz CT molecular complexity index is 3390. The average Bonchev–Trinajstić information content (AvgIpc) is 4.05. The number of hydrogen-bond acceptors (Lipinski definition) is 2. The molecule has 0 N–H and O–H groups in total. The van der Waals surface area contributed by atoms with Gasteiger partial charge in [0.15, 0.2) is 0 Å². The lowest BCUT2D eigenvalue weighted by atomic mass is 10.1. The summed E-state index contributed by atoms with van der Waals surface area (Å²) in [6, 6.07) is 58.0. The summed E-state index contributed by atoms with van der Waals surface area (Å²) in [6.45, 7) is 8.90. The zero-order chi connectivity index (χ0) is 41.6. The molecule has 0 atom stereocenters. The summed E-state index contributed by atoms with van der Waals surface area (Å²) in [6.07, 6.45) is 3.98. The van der Waals surface area contributed by atoms with Gasteiger partial charge < -0.3 is 0 Å². The maximum atomic E-state index is 5.56. The first-order chi connectivity index (χ1) is 30.6. The zero-order valence-electron chi connectivity index (χ0n) is 35.5. The van der Waals surface area contributed by atoms with E-state index in [4.69, 9.17) is 9.97 Å². The van der Waals surface area contributed by atoms with Gasteiger partial charge in [0.1, 0.15) is 23.3 Å². The van der Waals surface area contributed by atoms with Crippen molar-refractivity contribution in [3.63, 3.8) is 0 Å². The Kier molecular flexibility index (Phi) is 8.26. The van der Waals surface area contributed by atoms with Crippen molar-refractivity contribution in [3.05, 3.63) is 180 Å². The van der Waals surface area contributed by atoms with Gasteiger partial charge in [-0.25, -0.2) is 9.97 Å². The molecule has 6 heteroatoms. The highest BCUT2D eigenvalue weighted by atomic mass is 15.2. The van der Waals surface area contributed by atoms with Crippen LogP contribution >= 0.6 is 0 Å². The fourth-order valence-electron chi connectivity index (χ4n) is 10.1. The molecule has 12 aromatic rings. The summed E-state index contributed by atoms with van der Waals surface area (Å²) < 4.78 is 9.40. The van der Waals surface area contributed by atoms with E-state index in [1.54, 1.807) is 0 Å². The van der Waals surface area contributed by atoms with Gasteiger partial charge in [-0.2, -0.15) is 0 Å². The van der Waals surface area contributed by atoms with Gasteiger partial charge in [0.05, 0.1) is 44.1 Å². The number of para-hydroxylation sites is 2. The van der Waals surface area contributed by atoms with Crippen molar-refractivity contribution in [3.8, 4) is 23.3 Å². The smallest absolute Gasteiger partial charge is 0.140 e. The molecule has 6 aromatic carbocycles. The van der Waals surface area contributed by atoms with Crippen molar-refractivity contribution in [1.82, 2.24) is 28.2 Å². The molecule has 0 radical (unpaired) electrons. The van der Waals surface area contributed by atoms with E-state index in [2.05, 4.69) is 204 Å². The minimum Gasteiger partial charge on any atom is -0.294 e. The van der Waals surface area contributed by atoms with Gasteiger partial charge in [0.25, 0.3) is 0 Å². The van der Waals surface area contributed by atoms with Crippen LogP contribution in [0.15, 0.2) is 158 Å². The van der Waals surface area contributed by atoms with Crippen LogP contribution in [0, 0.1) is 0 Å². The zero-order valence-corrected chi connectivity index (χ0v) is 35.5. The second-order valence-electron chi connectivity index (χ2n) is 16.6. The van der Waals surface area contributed by atoms with Crippen LogP contribution in [0.5, 0.6) is 0 Å². The molecule has 6 heterocycles. The van der Waals surface area contributed by atoms with Crippen LogP contribution in [0.3, 0.4) is 0 Å². The molecule has 12 rings (SSSR count). The van der Waals surface area contributed by atoms with Crippen LogP contribution in [0.2, 0.25) is 0 Å². The highest BCUT2D eigenvalue weighted by molar-refractivity contribution is 6.20. The van der Waals surface area contributed by atoms with Gasteiger partial charge in [-0.05, 0) is 133 Å². The molecule has 0 aliphatic heterocycles. The molecule has 0 amide bonds. The van der Waals surface area contributed by atoms with E-state index in [0.29, 0.717) is 0 Å². The molecule has 300 valence electrons. The molecule has 62 heavy (non-hydrogen) atoms. The van der Waals surface area contributed by atoms with E-state index in [-0.39, 0.29) is 0 Å². The Balaban J connectivity index is 1.10. The SMILES string of the molecule is CCc1ccc2c(c1)c1cc(CC)ccc1n2-c1cccc(-n2c3ccccc3c3c2c2ccccc2n3-c2cccc(-n3c4ccc(CC)cc4c4cc(CC)ccc43)n2)n1. The van der Waals surface area contributed by atoms with E-state index < -0.39 is 0 Å². The summed E-state index contributed by atoms with van der Waals surface area (Å²) >= 11 is 0. The summed E-state index contributed by atoms with van der Waals surface area (Å²) in [5.41, 5.74) is 14.4. The van der Waals surface area contributed by atoms with E-state index >= 15 is 0 Å². The summed E-state index contributed by atoms with van der Waals surface area (Å²) in [5, 5.41) is 7.36. The molecular weight excluding hydrogens is 757 g/mol. The Hall–Kier alpha value is -7.44. The molecule has 0 bridgehead atoms. The van der Waals surface area contributed by atoms with Crippen LogP contribution in [0.25, 0.3) is 99.7 Å². The highest BCUT2D eigenvalue weighted by Gasteiger charge is 2.24. The first kappa shape index (κ1) is 36.4. The predicted molar refractivity (Wildman–Crippen MR) is 259 cm³/mol. The third-order valence-corrected chi connectivity index (χ3v) is 13.2. The molecule has 0 unspecified atom stereocenters. The second kappa shape index (κ2) is 14.1. The van der Waals surface area contributed by atoms with Gasteiger partial charge in [-0.15, -0.1) is 0 Å².